The average Bonchev–Trinajstić information content (AvgIpc) is 2.26. The monoisotopic (exact) mass is 205 g/mol. The summed E-state index contributed by atoms with van der Waals surface area (Å²) >= 11 is 0. The van der Waals surface area contributed by atoms with E-state index < -0.39 is 0 Å². The Hall–Kier alpha value is -0.860. The number of likely N-dealkylation sites (tertiary alicyclic amines) is 1. The van der Waals surface area contributed by atoms with Gasteiger partial charge in [-0.25, -0.2) is 0 Å². The molecule has 0 unspecified atom stereocenters. The highest BCUT2D eigenvalue weighted by Crippen LogP contribution is 2.19. The summed E-state index contributed by atoms with van der Waals surface area (Å²) in [6.07, 6.45) is 1.91. The van der Waals surface area contributed by atoms with Crippen LogP contribution in [0, 0.1) is 0 Å². The largest absolute Gasteiger partial charge is 0.392 e. The zero-order chi connectivity index (χ0) is 10.7. The van der Waals surface area contributed by atoms with Crippen LogP contribution >= 0.6 is 0 Å². The van der Waals surface area contributed by atoms with Crippen LogP contribution in [-0.2, 0) is 6.54 Å². The van der Waals surface area contributed by atoms with Crippen molar-refractivity contribution in [1.82, 2.24) is 4.90 Å². The number of aliphatic hydroxyl groups excluding tert-OH is 1. The molecule has 1 aromatic carbocycles. The van der Waals surface area contributed by atoms with Crippen LogP contribution in [0.25, 0.3) is 0 Å². The summed E-state index contributed by atoms with van der Waals surface area (Å²) in [7, 11) is 0. The number of rotatable bonds is 2. The SMILES string of the molecule is C[C@H]1[C@@H](O)CCCN1Cc1ccccc1. The van der Waals surface area contributed by atoms with Crippen LogP contribution in [0.5, 0.6) is 0 Å². The highest BCUT2D eigenvalue weighted by Gasteiger charge is 2.25. The molecule has 1 N–H and O–H groups in total. The molecule has 0 aliphatic carbocycles. The molecule has 0 bridgehead atoms. The highest BCUT2D eigenvalue weighted by molar-refractivity contribution is 5.14. The Bertz CT molecular complexity index is 299. The van der Waals surface area contributed by atoms with Gasteiger partial charge in [0.1, 0.15) is 0 Å². The molecule has 0 radical (unpaired) electrons. The normalized spacial score (nSPS) is 27.9. The van der Waals surface area contributed by atoms with Gasteiger partial charge in [-0.15, -0.1) is 0 Å². The first-order chi connectivity index (χ1) is 7.27. The Morgan fingerprint density at radius 1 is 1.33 bits per heavy atom. The molecule has 1 aliphatic rings. The topological polar surface area (TPSA) is 23.5 Å². The molecule has 1 saturated heterocycles. The van der Waals surface area contributed by atoms with Crippen LogP contribution in [0.1, 0.15) is 25.3 Å². The van der Waals surface area contributed by atoms with Crippen molar-refractivity contribution in [3.63, 3.8) is 0 Å². The molecule has 1 aromatic rings. The van der Waals surface area contributed by atoms with Gasteiger partial charge in [0.25, 0.3) is 0 Å². The number of nitrogens with zero attached hydrogens (tertiary/aromatic N) is 1. The van der Waals surface area contributed by atoms with Gasteiger partial charge in [-0.2, -0.15) is 0 Å². The minimum atomic E-state index is -0.150. The van der Waals surface area contributed by atoms with E-state index >= 15 is 0 Å². The molecule has 15 heavy (non-hydrogen) atoms. The first-order valence-corrected chi connectivity index (χ1v) is 5.73. The van der Waals surface area contributed by atoms with E-state index in [0.29, 0.717) is 6.04 Å². The van der Waals surface area contributed by atoms with Crippen LogP contribution in [0.2, 0.25) is 0 Å². The molecule has 1 heterocycles. The summed E-state index contributed by atoms with van der Waals surface area (Å²) in [5.41, 5.74) is 1.33. The van der Waals surface area contributed by atoms with E-state index in [2.05, 4.69) is 36.1 Å². The van der Waals surface area contributed by atoms with Gasteiger partial charge in [0.15, 0.2) is 0 Å². The van der Waals surface area contributed by atoms with Crippen molar-refractivity contribution in [2.45, 2.75) is 38.5 Å². The van der Waals surface area contributed by atoms with Crippen LogP contribution in [0.3, 0.4) is 0 Å². The van der Waals surface area contributed by atoms with E-state index in [4.69, 9.17) is 0 Å². The lowest BCUT2D eigenvalue weighted by Crippen LogP contribution is -2.45. The molecule has 2 atom stereocenters. The Labute approximate surface area is 91.5 Å². The predicted molar refractivity (Wildman–Crippen MR) is 61.6 cm³/mol. The van der Waals surface area contributed by atoms with E-state index in [9.17, 15) is 5.11 Å². The molecule has 1 fully saturated rings. The lowest BCUT2D eigenvalue weighted by atomic mass is 9.99. The zero-order valence-corrected chi connectivity index (χ0v) is 9.26. The lowest BCUT2D eigenvalue weighted by molar-refractivity contribution is 0.0157. The van der Waals surface area contributed by atoms with Crippen molar-refractivity contribution in [3.05, 3.63) is 35.9 Å². The second-order valence-electron chi connectivity index (χ2n) is 4.41. The molecule has 2 nitrogen and oxygen atoms in total. The van der Waals surface area contributed by atoms with Crippen molar-refractivity contribution >= 4 is 0 Å². The smallest absolute Gasteiger partial charge is 0.0693 e. The summed E-state index contributed by atoms with van der Waals surface area (Å²) < 4.78 is 0. The van der Waals surface area contributed by atoms with E-state index in [1.54, 1.807) is 0 Å². The maximum Gasteiger partial charge on any atom is 0.0693 e. The fraction of sp³-hybridized carbons (Fsp3) is 0.538. The molecule has 1 aliphatic heterocycles. The molecular formula is C13H19NO. The van der Waals surface area contributed by atoms with Crippen LogP contribution in [0.4, 0.5) is 0 Å². The second-order valence-corrected chi connectivity index (χ2v) is 4.41. The number of benzene rings is 1. The molecule has 0 spiro atoms. The van der Waals surface area contributed by atoms with Crippen LogP contribution in [0.15, 0.2) is 30.3 Å². The van der Waals surface area contributed by atoms with Gasteiger partial charge >= 0.3 is 0 Å². The molecule has 0 amide bonds. The lowest BCUT2D eigenvalue weighted by Gasteiger charge is -2.36. The van der Waals surface area contributed by atoms with Gasteiger partial charge in [0.05, 0.1) is 6.10 Å². The molecule has 0 aromatic heterocycles. The standard InChI is InChI=1S/C13H19NO/c1-11-13(15)8-5-9-14(11)10-12-6-3-2-4-7-12/h2-4,6-7,11,13,15H,5,8-10H2,1H3/t11-,13-/m0/s1. The van der Waals surface area contributed by atoms with Crippen molar-refractivity contribution in [2.75, 3.05) is 6.54 Å². The number of piperidine rings is 1. The van der Waals surface area contributed by atoms with E-state index in [1.807, 2.05) is 6.07 Å². The Kier molecular flexibility index (Phi) is 3.39. The van der Waals surface area contributed by atoms with Gasteiger partial charge in [0.2, 0.25) is 0 Å². The zero-order valence-electron chi connectivity index (χ0n) is 9.26. The Morgan fingerprint density at radius 2 is 2.07 bits per heavy atom. The minimum Gasteiger partial charge on any atom is -0.392 e. The van der Waals surface area contributed by atoms with E-state index in [-0.39, 0.29) is 6.10 Å². The molecule has 2 rings (SSSR count). The number of hydrogen-bond acceptors (Lipinski definition) is 2. The van der Waals surface area contributed by atoms with Crippen LogP contribution in [-0.4, -0.2) is 28.7 Å². The third-order valence-corrected chi connectivity index (χ3v) is 3.31. The van der Waals surface area contributed by atoms with Crippen molar-refractivity contribution < 1.29 is 5.11 Å². The van der Waals surface area contributed by atoms with Crippen molar-refractivity contribution in [1.29, 1.82) is 0 Å². The molecule has 2 heteroatoms. The van der Waals surface area contributed by atoms with Gasteiger partial charge < -0.3 is 5.11 Å². The quantitative estimate of drug-likeness (QED) is 0.798. The fourth-order valence-corrected chi connectivity index (χ4v) is 2.23. The first kappa shape index (κ1) is 10.7. The fourth-order valence-electron chi connectivity index (χ4n) is 2.23. The third-order valence-electron chi connectivity index (χ3n) is 3.31. The van der Waals surface area contributed by atoms with Crippen molar-refractivity contribution in [2.24, 2.45) is 0 Å². The number of hydrogen-bond donors (Lipinski definition) is 1. The first-order valence-electron chi connectivity index (χ1n) is 5.73. The van der Waals surface area contributed by atoms with E-state index in [1.165, 1.54) is 5.56 Å². The van der Waals surface area contributed by atoms with Gasteiger partial charge in [-0.05, 0) is 31.9 Å². The van der Waals surface area contributed by atoms with Crippen molar-refractivity contribution in [3.8, 4) is 0 Å². The van der Waals surface area contributed by atoms with Gasteiger partial charge in [0, 0.05) is 12.6 Å². The minimum absolute atomic E-state index is 0.150. The maximum absolute atomic E-state index is 9.78. The predicted octanol–water partition coefficient (Wildman–Crippen LogP) is 2.03. The third kappa shape index (κ3) is 2.58. The molecular weight excluding hydrogens is 186 g/mol. The Morgan fingerprint density at radius 3 is 2.80 bits per heavy atom. The van der Waals surface area contributed by atoms with Crippen LogP contribution < -0.4 is 0 Å². The summed E-state index contributed by atoms with van der Waals surface area (Å²) in [5, 5.41) is 9.78. The average molecular weight is 205 g/mol. The Balaban J connectivity index is 1.99. The summed E-state index contributed by atoms with van der Waals surface area (Å²) in [4.78, 5) is 2.36. The van der Waals surface area contributed by atoms with Gasteiger partial charge in [-0.1, -0.05) is 30.3 Å². The molecule has 82 valence electrons. The highest BCUT2D eigenvalue weighted by atomic mass is 16.3. The van der Waals surface area contributed by atoms with Gasteiger partial charge in [-0.3, -0.25) is 4.90 Å². The summed E-state index contributed by atoms with van der Waals surface area (Å²) in [6.45, 7) is 4.18. The summed E-state index contributed by atoms with van der Waals surface area (Å²) in [6, 6.07) is 10.8. The second kappa shape index (κ2) is 4.77. The van der Waals surface area contributed by atoms with E-state index in [0.717, 1.165) is 25.9 Å². The summed E-state index contributed by atoms with van der Waals surface area (Å²) in [5.74, 6) is 0. The maximum atomic E-state index is 9.78. The number of aliphatic hydroxyl groups is 1. The molecule has 0 saturated carbocycles.